The van der Waals surface area contributed by atoms with E-state index in [0.717, 1.165) is 0 Å². The first-order valence-corrected chi connectivity index (χ1v) is 7.19. The molecule has 0 radical (unpaired) electrons. The average Bonchev–Trinajstić information content (AvgIpc) is 3.03. The molecular formula is C16H12FN5O3. The number of H-pyrrole nitrogens is 1. The van der Waals surface area contributed by atoms with E-state index in [1.807, 2.05) is 0 Å². The number of amides is 1. The summed E-state index contributed by atoms with van der Waals surface area (Å²) >= 11 is 0. The molecule has 1 heterocycles. The van der Waals surface area contributed by atoms with Crippen molar-refractivity contribution in [3.8, 4) is 11.4 Å². The number of rotatable bonds is 4. The van der Waals surface area contributed by atoms with Gasteiger partial charge in [0.05, 0.1) is 4.92 Å². The van der Waals surface area contributed by atoms with Crippen LogP contribution in [-0.2, 0) is 0 Å². The fourth-order valence-electron chi connectivity index (χ4n) is 2.23. The van der Waals surface area contributed by atoms with Gasteiger partial charge in [0.25, 0.3) is 11.6 Å². The second-order valence-corrected chi connectivity index (χ2v) is 5.23. The first-order valence-electron chi connectivity index (χ1n) is 7.19. The van der Waals surface area contributed by atoms with Crippen LogP contribution in [0.1, 0.15) is 15.9 Å². The van der Waals surface area contributed by atoms with Gasteiger partial charge in [0.15, 0.2) is 5.82 Å². The Hall–Kier alpha value is -3.62. The zero-order valence-electron chi connectivity index (χ0n) is 13.0. The highest BCUT2D eigenvalue weighted by Crippen LogP contribution is 2.20. The maximum absolute atomic E-state index is 12.9. The standard InChI is InChI=1S/C16H12FN5O3/c1-9-8-11(4-7-13(9)22(24)25)15(23)19-16-18-14(20-21-16)10-2-5-12(17)6-3-10/h2-8H,1H3,(H2,18,19,20,21,23). The summed E-state index contributed by atoms with van der Waals surface area (Å²) in [5.41, 5.74) is 1.17. The lowest BCUT2D eigenvalue weighted by molar-refractivity contribution is -0.385. The van der Waals surface area contributed by atoms with Crippen molar-refractivity contribution in [1.82, 2.24) is 15.2 Å². The number of carbonyl (C=O) groups is 1. The lowest BCUT2D eigenvalue weighted by Gasteiger charge is -2.03. The minimum atomic E-state index is -0.513. The molecule has 0 spiro atoms. The number of nitro groups is 1. The zero-order valence-corrected chi connectivity index (χ0v) is 13.0. The third-order valence-electron chi connectivity index (χ3n) is 3.48. The molecule has 2 N–H and O–H groups in total. The van der Waals surface area contributed by atoms with Crippen LogP contribution < -0.4 is 5.32 Å². The summed E-state index contributed by atoms with van der Waals surface area (Å²) in [6, 6.07) is 9.68. The van der Waals surface area contributed by atoms with E-state index in [0.29, 0.717) is 17.0 Å². The van der Waals surface area contributed by atoms with Crippen molar-refractivity contribution >= 4 is 17.5 Å². The Morgan fingerprint density at radius 3 is 2.60 bits per heavy atom. The maximum Gasteiger partial charge on any atom is 0.272 e. The number of hydrogen-bond donors (Lipinski definition) is 2. The Morgan fingerprint density at radius 1 is 1.24 bits per heavy atom. The van der Waals surface area contributed by atoms with Gasteiger partial charge < -0.3 is 0 Å². The highest BCUT2D eigenvalue weighted by molar-refractivity contribution is 6.03. The number of benzene rings is 2. The molecule has 8 nitrogen and oxygen atoms in total. The van der Waals surface area contributed by atoms with Crippen molar-refractivity contribution in [2.45, 2.75) is 6.92 Å². The number of nitro benzene ring substituents is 1. The molecule has 0 aliphatic rings. The quantitative estimate of drug-likeness (QED) is 0.559. The van der Waals surface area contributed by atoms with Gasteiger partial charge in [-0.1, -0.05) is 0 Å². The van der Waals surface area contributed by atoms with Crippen LogP contribution in [0.4, 0.5) is 16.0 Å². The third-order valence-corrected chi connectivity index (χ3v) is 3.48. The van der Waals surface area contributed by atoms with Crippen molar-refractivity contribution in [2.24, 2.45) is 0 Å². The van der Waals surface area contributed by atoms with Crippen LogP contribution in [0.3, 0.4) is 0 Å². The van der Waals surface area contributed by atoms with E-state index < -0.39 is 10.8 Å². The molecule has 0 bridgehead atoms. The number of nitrogens with zero attached hydrogens (tertiary/aromatic N) is 3. The van der Waals surface area contributed by atoms with E-state index in [-0.39, 0.29) is 23.0 Å². The van der Waals surface area contributed by atoms with Crippen molar-refractivity contribution in [3.05, 3.63) is 69.5 Å². The lowest BCUT2D eigenvalue weighted by Crippen LogP contribution is -2.13. The minimum Gasteiger partial charge on any atom is -0.289 e. The van der Waals surface area contributed by atoms with E-state index in [1.165, 1.54) is 42.5 Å². The largest absolute Gasteiger partial charge is 0.289 e. The van der Waals surface area contributed by atoms with E-state index in [4.69, 9.17) is 0 Å². The Labute approximate surface area is 140 Å². The molecule has 1 amide bonds. The zero-order chi connectivity index (χ0) is 18.0. The fraction of sp³-hybridized carbons (Fsp3) is 0.0625. The lowest BCUT2D eigenvalue weighted by atomic mass is 10.1. The number of aryl methyl sites for hydroxylation is 1. The van der Waals surface area contributed by atoms with Gasteiger partial charge in [-0.05, 0) is 43.3 Å². The fourth-order valence-corrected chi connectivity index (χ4v) is 2.23. The summed E-state index contributed by atoms with van der Waals surface area (Å²) in [5.74, 6) is -0.455. The van der Waals surface area contributed by atoms with Gasteiger partial charge in [-0.3, -0.25) is 25.3 Å². The van der Waals surface area contributed by atoms with Crippen LogP contribution >= 0.6 is 0 Å². The van der Waals surface area contributed by atoms with Gasteiger partial charge >= 0.3 is 0 Å². The maximum atomic E-state index is 12.9. The molecule has 0 aliphatic carbocycles. The van der Waals surface area contributed by atoms with Crippen LogP contribution in [0.2, 0.25) is 0 Å². The summed E-state index contributed by atoms with van der Waals surface area (Å²) in [6.45, 7) is 1.55. The first kappa shape index (κ1) is 16.2. The van der Waals surface area contributed by atoms with E-state index in [2.05, 4.69) is 20.5 Å². The number of carbonyl (C=O) groups excluding carboxylic acids is 1. The van der Waals surface area contributed by atoms with Gasteiger partial charge in [-0.15, -0.1) is 5.10 Å². The van der Waals surface area contributed by atoms with E-state index >= 15 is 0 Å². The molecule has 25 heavy (non-hydrogen) atoms. The minimum absolute atomic E-state index is 0.0420. The third kappa shape index (κ3) is 3.50. The molecule has 0 atom stereocenters. The van der Waals surface area contributed by atoms with Crippen molar-refractivity contribution in [2.75, 3.05) is 5.32 Å². The number of anilines is 1. The predicted octanol–water partition coefficient (Wildman–Crippen LogP) is 3.08. The van der Waals surface area contributed by atoms with Crippen LogP contribution in [0.5, 0.6) is 0 Å². The summed E-state index contributed by atoms with van der Waals surface area (Å²) in [7, 11) is 0. The Kier molecular flexibility index (Phi) is 4.21. The summed E-state index contributed by atoms with van der Waals surface area (Å²) in [5, 5.41) is 19.8. The molecule has 1 aromatic heterocycles. The molecule has 0 fully saturated rings. The Balaban J connectivity index is 1.76. The van der Waals surface area contributed by atoms with Crippen LogP contribution in [0, 0.1) is 22.9 Å². The second-order valence-electron chi connectivity index (χ2n) is 5.23. The van der Waals surface area contributed by atoms with E-state index in [1.54, 1.807) is 6.92 Å². The molecule has 0 saturated heterocycles. The van der Waals surface area contributed by atoms with Crippen molar-refractivity contribution in [3.63, 3.8) is 0 Å². The van der Waals surface area contributed by atoms with Crippen LogP contribution in [0.25, 0.3) is 11.4 Å². The smallest absolute Gasteiger partial charge is 0.272 e. The summed E-state index contributed by atoms with van der Waals surface area (Å²) in [6.07, 6.45) is 0. The average molecular weight is 341 g/mol. The number of hydrogen-bond acceptors (Lipinski definition) is 5. The number of aromatic amines is 1. The van der Waals surface area contributed by atoms with Crippen LogP contribution in [0.15, 0.2) is 42.5 Å². The molecule has 3 aromatic rings. The number of halogens is 1. The molecule has 3 rings (SSSR count). The van der Waals surface area contributed by atoms with Gasteiger partial charge in [0.2, 0.25) is 5.95 Å². The summed E-state index contributed by atoms with van der Waals surface area (Å²) in [4.78, 5) is 26.6. The molecular weight excluding hydrogens is 329 g/mol. The van der Waals surface area contributed by atoms with Gasteiger partial charge in [-0.25, -0.2) is 4.39 Å². The van der Waals surface area contributed by atoms with Gasteiger partial charge in [0.1, 0.15) is 5.82 Å². The predicted molar refractivity (Wildman–Crippen MR) is 87.6 cm³/mol. The molecule has 0 aliphatic heterocycles. The number of aromatic nitrogens is 3. The molecule has 2 aromatic carbocycles. The molecule has 9 heteroatoms. The van der Waals surface area contributed by atoms with Crippen LogP contribution in [-0.4, -0.2) is 26.0 Å². The highest BCUT2D eigenvalue weighted by Gasteiger charge is 2.15. The first-order chi connectivity index (χ1) is 11.9. The SMILES string of the molecule is Cc1cc(C(=O)Nc2n[nH]c(-c3ccc(F)cc3)n2)ccc1[N+](=O)[O-]. The van der Waals surface area contributed by atoms with E-state index in [9.17, 15) is 19.3 Å². The number of nitrogens with one attached hydrogen (secondary N) is 2. The van der Waals surface area contributed by atoms with Crippen molar-refractivity contribution in [1.29, 1.82) is 0 Å². The Morgan fingerprint density at radius 2 is 1.96 bits per heavy atom. The molecule has 0 saturated carbocycles. The second kappa shape index (κ2) is 6.48. The van der Waals surface area contributed by atoms with Gasteiger partial charge in [0, 0.05) is 22.8 Å². The normalized spacial score (nSPS) is 10.5. The molecule has 126 valence electrons. The highest BCUT2D eigenvalue weighted by atomic mass is 19.1. The summed E-state index contributed by atoms with van der Waals surface area (Å²) < 4.78 is 12.9. The monoisotopic (exact) mass is 341 g/mol. The molecule has 0 unspecified atom stereocenters. The Bertz CT molecular complexity index is 953. The van der Waals surface area contributed by atoms with Gasteiger partial charge in [-0.2, -0.15) is 4.98 Å². The topological polar surface area (TPSA) is 114 Å². The van der Waals surface area contributed by atoms with Crippen molar-refractivity contribution < 1.29 is 14.1 Å².